The van der Waals surface area contributed by atoms with Gasteiger partial charge in [0.1, 0.15) is 0 Å². The fourth-order valence-electron chi connectivity index (χ4n) is 2.61. The Morgan fingerprint density at radius 1 is 1.07 bits per heavy atom. The van der Waals surface area contributed by atoms with Crippen LogP contribution in [0, 0.1) is 0 Å². The van der Waals surface area contributed by atoms with Crippen LogP contribution in [0.25, 0.3) is 6.08 Å². The van der Waals surface area contributed by atoms with Crippen molar-refractivity contribution in [3.63, 3.8) is 0 Å². The monoisotopic (exact) mass is 423 g/mol. The van der Waals surface area contributed by atoms with Crippen molar-refractivity contribution in [2.75, 3.05) is 14.2 Å². The van der Waals surface area contributed by atoms with Gasteiger partial charge in [-0.2, -0.15) is 0 Å². The van der Waals surface area contributed by atoms with Gasteiger partial charge in [-0.05, 0) is 47.2 Å². The van der Waals surface area contributed by atoms with Crippen molar-refractivity contribution in [2.24, 2.45) is 0 Å². The van der Waals surface area contributed by atoms with Gasteiger partial charge in [0.15, 0.2) is 11.5 Å². The Morgan fingerprint density at radius 2 is 1.81 bits per heavy atom. The predicted molar refractivity (Wildman–Crippen MR) is 108 cm³/mol. The molecule has 140 valence electrons. The second kappa shape index (κ2) is 8.25. The number of imide groups is 1. The van der Waals surface area contributed by atoms with Gasteiger partial charge in [-0.1, -0.05) is 41.4 Å². The van der Waals surface area contributed by atoms with Crippen LogP contribution in [0.1, 0.15) is 11.1 Å². The number of rotatable bonds is 5. The summed E-state index contributed by atoms with van der Waals surface area (Å²) < 4.78 is 10.5. The molecule has 8 heteroatoms. The Labute approximate surface area is 170 Å². The normalized spacial score (nSPS) is 15.6. The van der Waals surface area contributed by atoms with Gasteiger partial charge in [-0.15, -0.1) is 0 Å². The number of benzene rings is 2. The minimum Gasteiger partial charge on any atom is -0.493 e. The van der Waals surface area contributed by atoms with Crippen molar-refractivity contribution in [2.45, 2.75) is 6.54 Å². The molecule has 1 heterocycles. The van der Waals surface area contributed by atoms with Crippen molar-refractivity contribution >= 4 is 52.2 Å². The molecule has 0 unspecified atom stereocenters. The topological polar surface area (TPSA) is 55.8 Å². The fraction of sp³-hybridized carbons (Fsp3) is 0.158. The van der Waals surface area contributed by atoms with Crippen LogP contribution in [0.2, 0.25) is 10.0 Å². The molecule has 1 fully saturated rings. The lowest BCUT2D eigenvalue weighted by Crippen LogP contribution is -2.27. The third-order valence-corrected chi connectivity index (χ3v) is 5.47. The van der Waals surface area contributed by atoms with Gasteiger partial charge >= 0.3 is 0 Å². The first-order chi connectivity index (χ1) is 12.9. The molecule has 2 aromatic carbocycles. The van der Waals surface area contributed by atoms with Crippen molar-refractivity contribution in [3.05, 3.63) is 62.5 Å². The van der Waals surface area contributed by atoms with E-state index in [0.717, 1.165) is 11.8 Å². The quantitative estimate of drug-likeness (QED) is 0.614. The minimum absolute atomic E-state index is 0.119. The summed E-state index contributed by atoms with van der Waals surface area (Å²) in [5.74, 6) is 0.463. The van der Waals surface area contributed by atoms with E-state index >= 15 is 0 Å². The molecule has 1 aliphatic heterocycles. The number of amides is 2. The molecule has 0 aromatic heterocycles. The first-order valence-corrected chi connectivity index (χ1v) is 9.42. The maximum atomic E-state index is 12.7. The fourth-order valence-corrected chi connectivity index (χ4v) is 3.94. The van der Waals surface area contributed by atoms with Gasteiger partial charge < -0.3 is 9.47 Å². The molecule has 5 nitrogen and oxygen atoms in total. The van der Waals surface area contributed by atoms with E-state index in [0.29, 0.717) is 37.6 Å². The average Bonchev–Trinajstić information content (AvgIpc) is 2.90. The van der Waals surface area contributed by atoms with E-state index < -0.39 is 0 Å². The van der Waals surface area contributed by atoms with E-state index in [9.17, 15) is 9.59 Å². The van der Waals surface area contributed by atoms with Gasteiger partial charge in [0.05, 0.1) is 30.7 Å². The lowest BCUT2D eigenvalue weighted by atomic mass is 10.1. The zero-order valence-corrected chi connectivity index (χ0v) is 16.8. The lowest BCUT2D eigenvalue weighted by Gasteiger charge is -2.13. The number of hydrogen-bond donors (Lipinski definition) is 0. The second-order valence-corrected chi connectivity index (χ2v) is 7.41. The number of thioether (sulfide) groups is 1. The molecule has 0 N–H and O–H groups in total. The molecule has 3 rings (SSSR count). The zero-order valence-electron chi connectivity index (χ0n) is 14.5. The number of halogens is 2. The summed E-state index contributed by atoms with van der Waals surface area (Å²) in [7, 11) is 2.99. The van der Waals surface area contributed by atoms with E-state index in [1.807, 2.05) is 6.07 Å². The van der Waals surface area contributed by atoms with Crippen LogP contribution in [0.15, 0.2) is 41.3 Å². The Balaban J connectivity index is 1.88. The summed E-state index contributed by atoms with van der Waals surface area (Å²) in [4.78, 5) is 26.5. The van der Waals surface area contributed by atoms with Crippen LogP contribution < -0.4 is 9.47 Å². The Kier molecular flexibility index (Phi) is 5.99. The number of methoxy groups -OCH3 is 2. The molecule has 1 saturated heterocycles. The van der Waals surface area contributed by atoms with Crippen LogP contribution in [0.5, 0.6) is 11.5 Å². The number of nitrogens with zero attached hydrogens (tertiary/aromatic N) is 1. The SMILES string of the molecule is COc1cc(/C=C2\SC(=O)N(Cc3ccccc3Cl)C2=O)cc(Cl)c1OC. The molecule has 27 heavy (non-hydrogen) atoms. The highest BCUT2D eigenvalue weighted by Crippen LogP contribution is 2.39. The molecule has 0 saturated carbocycles. The van der Waals surface area contributed by atoms with Crippen molar-refractivity contribution in [1.82, 2.24) is 4.90 Å². The molecule has 0 spiro atoms. The van der Waals surface area contributed by atoms with E-state index in [2.05, 4.69) is 0 Å². The summed E-state index contributed by atoms with van der Waals surface area (Å²) in [6.45, 7) is 0.119. The second-order valence-electron chi connectivity index (χ2n) is 5.60. The predicted octanol–water partition coefficient (Wildman–Crippen LogP) is 5.25. The van der Waals surface area contributed by atoms with Crippen LogP contribution >= 0.6 is 35.0 Å². The summed E-state index contributed by atoms with van der Waals surface area (Å²) in [6, 6.07) is 10.4. The smallest absolute Gasteiger partial charge is 0.293 e. The number of carbonyl (C=O) groups is 2. The third kappa shape index (κ3) is 4.08. The average molecular weight is 424 g/mol. The van der Waals surface area contributed by atoms with E-state index in [4.69, 9.17) is 32.7 Å². The summed E-state index contributed by atoms with van der Waals surface area (Å²) in [5, 5.41) is 0.503. The van der Waals surface area contributed by atoms with E-state index in [1.165, 1.54) is 19.1 Å². The maximum Gasteiger partial charge on any atom is 0.293 e. The molecule has 0 atom stereocenters. The van der Waals surface area contributed by atoms with Crippen LogP contribution in [-0.2, 0) is 11.3 Å². The molecular weight excluding hydrogens is 409 g/mol. The summed E-state index contributed by atoms with van der Waals surface area (Å²) >= 11 is 13.2. The van der Waals surface area contributed by atoms with E-state index in [1.54, 1.807) is 36.4 Å². The number of carbonyl (C=O) groups excluding carboxylic acids is 2. The highest BCUT2D eigenvalue weighted by Gasteiger charge is 2.35. The molecular formula is C19H15Cl2NO4S. The Morgan fingerprint density at radius 3 is 2.48 bits per heavy atom. The van der Waals surface area contributed by atoms with Gasteiger partial charge in [0.2, 0.25) is 0 Å². The number of ether oxygens (including phenoxy) is 2. The molecule has 2 aromatic rings. The van der Waals surface area contributed by atoms with Crippen LogP contribution in [0.4, 0.5) is 4.79 Å². The molecule has 0 aliphatic carbocycles. The molecule has 0 bridgehead atoms. The van der Waals surface area contributed by atoms with Gasteiger partial charge in [-0.3, -0.25) is 14.5 Å². The first kappa shape index (κ1) is 19.6. The highest BCUT2D eigenvalue weighted by atomic mass is 35.5. The van der Waals surface area contributed by atoms with Crippen molar-refractivity contribution in [3.8, 4) is 11.5 Å². The largest absolute Gasteiger partial charge is 0.493 e. The lowest BCUT2D eigenvalue weighted by molar-refractivity contribution is -0.123. The molecule has 0 radical (unpaired) electrons. The third-order valence-electron chi connectivity index (χ3n) is 3.91. The van der Waals surface area contributed by atoms with Crippen LogP contribution in [-0.4, -0.2) is 30.3 Å². The maximum absolute atomic E-state index is 12.7. The van der Waals surface area contributed by atoms with Crippen molar-refractivity contribution in [1.29, 1.82) is 0 Å². The first-order valence-electron chi connectivity index (χ1n) is 7.85. The standard InChI is InChI=1S/C19H15Cl2NO4S/c1-25-15-8-11(7-14(21)17(15)26-2)9-16-18(23)22(19(24)27-16)10-12-5-3-4-6-13(12)20/h3-9H,10H2,1-2H3/b16-9-. The van der Waals surface area contributed by atoms with Gasteiger partial charge in [0.25, 0.3) is 11.1 Å². The van der Waals surface area contributed by atoms with Crippen molar-refractivity contribution < 1.29 is 19.1 Å². The highest BCUT2D eigenvalue weighted by molar-refractivity contribution is 8.18. The Hall–Kier alpha value is -2.15. The number of hydrogen-bond acceptors (Lipinski definition) is 5. The minimum atomic E-state index is -0.379. The van der Waals surface area contributed by atoms with Gasteiger partial charge in [0, 0.05) is 5.02 Å². The summed E-state index contributed by atoms with van der Waals surface area (Å²) in [6.07, 6.45) is 1.60. The molecule has 2 amide bonds. The summed E-state index contributed by atoms with van der Waals surface area (Å²) in [5.41, 5.74) is 1.33. The molecule has 1 aliphatic rings. The Bertz CT molecular complexity index is 945. The zero-order chi connectivity index (χ0) is 19.6. The van der Waals surface area contributed by atoms with E-state index in [-0.39, 0.29) is 17.7 Å². The van der Waals surface area contributed by atoms with Gasteiger partial charge in [-0.25, -0.2) is 0 Å². The van der Waals surface area contributed by atoms with Crippen LogP contribution in [0.3, 0.4) is 0 Å².